The molecule has 25 heavy (non-hydrogen) atoms. The van der Waals surface area contributed by atoms with Crippen LogP contribution in [0.2, 0.25) is 0 Å². The summed E-state index contributed by atoms with van der Waals surface area (Å²) in [6, 6.07) is 14.5. The van der Waals surface area contributed by atoms with Crippen molar-refractivity contribution in [2.75, 3.05) is 6.54 Å². The highest BCUT2D eigenvalue weighted by Gasteiger charge is 2.30. The van der Waals surface area contributed by atoms with Gasteiger partial charge in [-0.1, -0.05) is 30.3 Å². The average Bonchev–Trinajstić information content (AvgIpc) is 2.98. The van der Waals surface area contributed by atoms with Crippen molar-refractivity contribution in [3.63, 3.8) is 0 Å². The molecule has 0 unspecified atom stereocenters. The third-order valence-electron chi connectivity index (χ3n) is 5.12. The van der Waals surface area contributed by atoms with E-state index in [9.17, 15) is 9.18 Å². The number of aryl methyl sites for hydroxylation is 1. The summed E-state index contributed by atoms with van der Waals surface area (Å²) in [7, 11) is 1.96. The van der Waals surface area contributed by atoms with Crippen molar-refractivity contribution in [3.8, 4) is 0 Å². The highest BCUT2D eigenvalue weighted by atomic mass is 19.1. The number of hydrogen-bond donors (Lipinski definition) is 0. The van der Waals surface area contributed by atoms with Crippen LogP contribution < -0.4 is 0 Å². The van der Waals surface area contributed by atoms with Gasteiger partial charge in [0.05, 0.1) is 11.6 Å². The SMILES string of the molecule is Cn1cc(C(=O)N2CCCC[C@H]2c2cccc(F)c2)c2ccccc21. The molecule has 2 heterocycles. The molecule has 1 amide bonds. The molecule has 0 N–H and O–H groups in total. The maximum atomic E-state index is 13.7. The van der Waals surface area contributed by atoms with Crippen molar-refractivity contribution in [3.05, 3.63) is 71.7 Å². The maximum Gasteiger partial charge on any atom is 0.256 e. The van der Waals surface area contributed by atoms with Gasteiger partial charge in [0, 0.05) is 30.7 Å². The lowest BCUT2D eigenvalue weighted by Crippen LogP contribution is -2.38. The lowest BCUT2D eigenvalue weighted by atomic mass is 9.94. The highest BCUT2D eigenvalue weighted by Crippen LogP contribution is 2.33. The Hall–Kier alpha value is -2.62. The summed E-state index contributed by atoms with van der Waals surface area (Å²) in [5.41, 5.74) is 2.65. The van der Waals surface area contributed by atoms with Gasteiger partial charge in [-0.2, -0.15) is 0 Å². The first-order chi connectivity index (χ1) is 12.1. The maximum absolute atomic E-state index is 13.7. The van der Waals surface area contributed by atoms with E-state index in [4.69, 9.17) is 0 Å². The second kappa shape index (κ2) is 6.36. The molecule has 4 rings (SSSR count). The van der Waals surface area contributed by atoms with E-state index in [1.165, 1.54) is 6.07 Å². The predicted octanol–water partition coefficient (Wildman–Crippen LogP) is 4.68. The number of halogens is 1. The summed E-state index contributed by atoms with van der Waals surface area (Å²) in [5.74, 6) is -0.216. The van der Waals surface area contributed by atoms with Gasteiger partial charge in [-0.15, -0.1) is 0 Å². The minimum absolute atomic E-state index is 0.0331. The van der Waals surface area contributed by atoms with Crippen LogP contribution in [0.3, 0.4) is 0 Å². The van der Waals surface area contributed by atoms with E-state index in [-0.39, 0.29) is 17.8 Å². The van der Waals surface area contributed by atoms with Crippen molar-refractivity contribution in [2.45, 2.75) is 25.3 Å². The zero-order valence-corrected chi connectivity index (χ0v) is 14.3. The van der Waals surface area contributed by atoms with Crippen molar-refractivity contribution < 1.29 is 9.18 Å². The minimum Gasteiger partial charge on any atom is -0.350 e. The topological polar surface area (TPSA) is 25.2 Å². The third-order valence-corrected chi connectivity index (χ3v) is 5.12. The van der Waals surface area contributed by atoms with Crippen LogP contribution in [-0.2, 0) is 7.05 Å². The number of nitrogens with zero attached hydrogens (tertiary/aromatic N) is 2. The molecule has 0 saturated carbocycles. The summed E-state index contributed by atoms with van der Waals surface area (Å²) in [6.45, 7) is 0.712. The van der Waals surface area contributed by atoms with E-state index in [2.05, 4.69) is 0 Å². The lowest BCUT2D eigenvalue weighted by molar-refractivity contribution is 0.0613. The van der Waals surface area contributed by atoms with Crippen LogP contribution >= 0.6 is 0 Å². The first-order valence-corrected chi connectivity index (χ1v) is 8.75. The van der Waals surface area contributed by atoms with Crippen LogP contribution in [0.5, 0.6) is 0 Å². The van der Waals surface area contributed by atoms with Gasteiger partial charge in [0.25, 0.3) is 5.91 Å². The van der Waals surface area contributed by atoms with E-state index >= 15 is 0 Å². The van der Waals surface area contributed by atoms with Crippen LogP contribution in [0.4, 0.5) is 4.39 Å². The van der Waals surface area contributed by atoms with E-state index < -0.39 is 0 Å². The second-order valence-electron chi connectivity index (χ2n) is 6.74. The standard InChI is InChI=1S/C21H21FN2O/c1-23-14-18(17-9-2-3-11-20(17)23)21(25)24-12-5-4-10-19(24)15-7-6-8-16(22)13-15/h2-3,6-9,11,13-14,19H,4-5,10,12H2,1H3/t19-/m0/s1. The second-order valence-corrected chi connectivity index (χ2v) is 6.74. The molecule has 0 aliphatic carbocycles. The number of likely N-dealkylation sites (tertiary alicyclic amines) is 1. The van der Waals surface area contributed by atoms with Crippen LogP contribution in [0, 0.1) is 5.82 Å². The van der Waals surface area contributed by atoms with E-state index in [0.29, 0.717) is 6.54 Å². The largest absolute Gasteiger partial charge is 0.350 e. The zero-order chi connectivity index (χ0) is 17.4. The van der Waals surface area contributed by atoms with Crippen LogP contribution in [0.25, 0.3) is 10.9 Å². The fourth-order valence-electron chi connectivity index (χ4n) is 3.90. The van der Waals surface area contributed by atoms with Crippen LogP contribution in [0.15, 0.2) is 54.7 Å². The Kier molecular flexibility index (Phi) is 4.04. The van der Waals surface area contributed by atoms with Gasteiger partial charge in [0.2, 0.25) is 0 Å². The Bertz CT molecular complexity index is 931. The number of rotatable bonds is 2. The van der Waals surface area contributed by atoms with Gasteiger partial charge in [-0.3, -0.25) is 4.79 Å². The average molecular weight is 336 g/mol. The molecule has 1 fully saturated rings. The monoisotopic (exact) mass is 336 g/mol. The Morgan fingerprint density at radius 3 is 2.80 bits per heavy atom. The number of fused-ring (bicyclic) bond motifs is 1. The van der Waals surface area contributed by atoms with E-state index in [1.54, 1.807) is 12.1 Å². The number of hydrogen-bond acceptors (Lipinski definition) is 1. The third kappa shape index (κ3) is 2.82. The molecule has 1 saturated heterocycles. The van der Waals surface area contributed by atoms with Crippen molar-refractivity contribution in [1.29, 1.82) is 0 Å². The molecule has 0 spiro atoms. The molecule has 0 bridgehead atoms. The smallest absolute Gasteiger partial charge is 0.256 e. The number of aromatic nitrogens is 1. The summed E-state index contributed by atoms with van der Waals surface area (Å²) in [6.07, 6.45) is 4.83. The molecule has 2 aromatic carbocycles. The van der Waals surface area contributed by atoms with Gasteiger partial charge < -0.3 is 9.47 Å². The quantitative estimate of drug-likeness (QED) is 0.667. The summed E-state index contributed by atoms with van der Waals surface area (Å²) in [5, 5.41) is 0.971. The van der Waals surface area contributed by atoms with Gasteiger partial charge >= 0.3 is 0 Å². The van der Waals surface area contributed by atoms with Gasteiger partial charge in [0.15, 0.2) is 0 Å². The van der Waals surface area contributed by atoms with E-state index in [1.807, 2.05) is 53.0 Å². The molecule has 3 nitrogen and oxygen atoms in total. The molecule has 128 valence electrons. The number of benzene rings is 2. The first kappa shape index (κ1) is 15.9. The zero-order valence-electron chi connectivity index (χ0n) is 14.3. The predicted molar refractivity (Wildman–Crippen MR) is 96.9 cm³/mol. The number of carbonyl (C=O) groups is 1. The Labute approximate surface area is 146 Å². The van der Waals surface area contributed by atoms with Gasteiger partial charge in [-0.05, 0) is 43.0 Å². The van der Waals surface area contributed by atoms with Gasteiger partial charge in [-0.25, -0.2) is 4.39 Å². The van der Waals surface area contributed by atoms with Crippen molar-refractivity contribution in [1.82, 2.24) is 9.47 Å². The molecule has 1 aliphatic rings. The van der Waals surface area contributed by atoms with Crippen LogP contribution in [0.1, 0.15) is 41.2 Å². The molecular formula is C21H21FN2O. The molecule has 1 atom stereocenters. The fourth-order valence-corrected chi connectivity index (χ4v) is 3.90. The molecule has 4 heteroatoms. The number of piperidine rings is 1. The van der Waals surface area contributed by atoms with Crippen LogP contribution in [-0.4, -0.2) is 21.9 Å². The number of carbonyl (C=O) groups excluding carboxylic acids is 1. The molecule has 3 aromatic rings. The number of para-hydroxylation sites is 1. The molecule has 1 aliphatic heterocycles. The molecular weight excluding hydrogens is 315 g/mol. The van der Waals surface area contributed by atoms with Gasteiger partial charge in [0.1, 0.15) is 5.82 Å². The molecule has 0 radical (unpaired) electrons. The highest BCUT2D eigenvalue weighted by molar-refractivity contribution is 6.07. The summed E-state index contributed by atoms with van der Waals surface area (Å²) in [4.78, 5) is 15.2. The Balaban J connectivity index is 1.74. The Morgan fingerprint density at radius 1 is 1.12 bits per heavy atom. The Morgan fingerprint density at radius 2 is 1.96 bits per heavy atom. The number of amides is 1. The van der Waals surface area contributed by atoms with Crippen molar-refractivity contribution >= 4 is 16.8 Å². The minimum atomic E-state index is -0.249. The molecule has 1 aromatic heterocycles. The summed E-state index contributed by atoms with van der Waals surface area (Å²) < 4.78 is 15.7. The summed E-state index contributed by atoms with van der Waals surface area (Å²) >= 11 is 0. The lowest BCUT2D eigenvalue weighted by Gasteiger charge is -2.36. The normalized spacial score (nSPS) is 17.8. The van der Waals surface area contributed by atoms with Crippen molar-refractivity contribution in [2.24, 2.45) is 7.05 Å². The first-order valence-electron chi connectivity index (χ1n) is 8.75. The fraction of sp³-hybridized carbons (Fsp3) is 0.286. The van der Waals surface area contributed by atoms with E-state index in [0.717, 1.165) is 41.3 Å².